The normalized spacial score (nSPS) is 13.5. The van der Waals surface area contributed by atoms with Crippen molar-refractivity contribution in [3.05, 3.63) is 84.1 Å². The topological polar surface area (TPSA) is 77.1 Å². The summed E-state index contributed by atoms with van der Waals surface area (Å²) in [5, 5.41) is 3.15. The molecule has 1 heterocycles. The van der Waals surface area contributed by atoms with Crippen LogP contribution in [0, 0.1) is 0 Å². The van der Waals surface area contributed by atoms with Crippen LogP contribution >= 0.6 is 0 Å². The van der Waals surface area contributed by atoms with Gasteiger partial charge in [0.25, 0.3) is 11.8 Å². The zero-order valence-electron chi connectivity index (χ0n) is 19.5. The van der Waals surface area contributed by atoms with Gasteiger partial charge in [-0.15, -0.1) is 0 Å². The van der Waals surface area contributed by atoms with E-state index >= 15 is 0 Å². The Kier molecular flexibility index (Phi) is 6.54. The highest BCUT2D eigenvalue weighted by Crippen LogP contribution is 2.39. The summed E-state index contributed by atoms with van der Waals surface area (Å²) >= 11 is 0. The minimum absolute atomic E-state index is 0.125. The fourth-order valence-corrected chi connectivity index (χ4v) is 3.79. The number of amides is 2. The van der Waals surface area contributed by atoms with Crippen molar-refractivity contribution in [3.8, 4) is 17.2 Å². The molecule has 3 aromatic carbocycles. The lowest BCUT2D eigenvalue weighted by Crippen LogP contribution is -2.33. The van der Waals surface area contributed by atoms with Crippen molar-refractivity contribution in [1.29, 1.82) is 0 Å². The number of hydrogen-bond donors (Lipinski definition) is 1. The molecular weight excluding hydrogens is 432 g/mol. The number of anilines is 2. The molecule has 0 fully saturated rings. The van der Waals surface area contributed by atoms with Crippen LogP contribution < -0.4 is 24.4 Å². The van der Waals surface area contributed by atoms with Crippen LogP contribution in [0.3, 0.4) is 0 Å². The number of benzene rings is 3. The third-order valence-electron chi connectivity index (χ3n) is 5.27. The Morgan fingerprint density at radius 2 is 1.44 bits per heavy atom. The largest absolute Gasteiger partial charge is 0.493 e. The molecule has 3 aromatic rings. The van der Waals surface area contributed by atoms with Crippen molar-refractivity contribution >= 4 is 28.8 Å². The molecule has 0 bridgehead atoms. The molecule has 0 radical (unpaired) electrons. The first-order valence-corrected chi connectivity index (χ1v) is 10.9. The third kappa shape index (κ3) is 4.32. The maximum atomic E-state index is 13.7. The molecule has 0 aliphatic carbocycles. The van der Waals surface area contributed by atoms with E-state index in [1.165, 1.54) is 7.11 Å². The number of para-hydroxylation sites is 2. The van der Waals surface area contributed by atoms with Gasteiger partial charge in [0.15, 0.2) is 11.5 Å². The molecule has 7 heteroatoms. The van der Waals surface area contributed by atoms with Crippen LogP contribution in [-0.4, -0.2) is 32.1 Å². The van der Waals surface area contributed by atoms with Crippen molar-refractivity contribution in [2.75, 3.05) is 24.4 Å². The molecule has 1 N–H and O–H groups in total. The molecule has 0 unspecified atom stereocenters. The van der Waals surface area contributed by atoms with Gasteiger partial charge in [0.1, 0.15) is 11.4 Å². The molecule has 0 atom stereocenters. The summed E-state index contributed by atoms with van der Waals surface area (Å²) in [6.07, 6.45) is -0.125. The maximum Gasteiger partial charge on any atom is 0.282 e. The van der Waals surface area contributed by atoms with E-state index in [1.54, 1.807) is 61.7 Å². The van der Waals surface area contributed by atoms with Gasteiger partial charge in [0.05, 0.1) is 31.6 Å². The highest BCUT2D eigenvalue weighted by Gasteiger charge is 2.41. The van der Waals surface area contributed by atoms with Crippen LogP contribution in [0.5, 0.6) is 17.2 Å². The highest BCUT2D eigenvalue weighted by atomic mass is 16.5. The lowest BCUT2D eigenvalue weighted by molar-refractivity contribution is -0.120. The SMILES string of the molecule is COc1ccc(NC2=C(c3ccccc3)C(=O)N(c3ccccc3OC(C)C)C2=O)cc1OC. The Labute approximate surface area is 198 Å². The molecule has 0 aromatic heterocycles. The summed E-state index contributed by atoms with van der Waals surface area (Å²) in [5.74, 6) is 0.607. The van der Waals surface area contributed by atoms with E-state index in [2.05, 4.69) is 5.32 Å². The number of nitrogens with zero attached hydrogens (tertiary/aromatic N) is 1. The smallest absolute Gasteiger partial charge is 0.282 e. The molecule has 174 valence electrons. The average molecular weight is 459 g/mol. The number of methoxy groups -OCH3 is 2. The first kappa shape index (κ1) is 22.9. The van der Waals surface area contributed by atoms with E-state index in [1.807, 2.05) is 32.0 Å². The van der Waals surface area contributed by atoms with Gasteiger partial charge in [0, 0.05) is 11.8 Å². The van der Waals surface area contributed by atoms with Crippen molar-refractivity contribution in [2.24, 2.45) is 0 Å². The zero-order chi connectivity index (χ0) is 24.2. The zero-order valence-corrected chi connectivity index (χ0v) is 19.5. The van der Waals surface area contributed by atoms with Crippen molar-refractivity contribution in [2.45, 2.75) is 20.0 Å². The van der Waals surface area contributed by atoms with Gasteiger partial charge in [-0.3, -0.25) is 9.59 Å². The molecule has 0 saturated heterocycles. The number of imide groups is 1. The molecule has 0 saturated carbocycles. The fourth-order valence-electron chi connectivity index (χ4n) is 3.79. The number of hydrogen-bond acceptors (Lipinski definition) is 6. The minimum Gasteiger partial charge on any atom is -0.493 e. The minimum atomic E-state index is -0.474. The van der Waals surface area contributed by atoms with Gasteiger partial charge in [-0.2, -0.15) is 0 Å². The second kappa shape index (κ2) is 9.70. The van der Waals surface area contributed by atoms with Crippen LogP contribution in [-0.2, 0) is 9.59 Å². The summed E-state index contributed by atoms with van der Waals surface area (Å²) in [4.78, 5) is 28.5. The van der Waals surface area contributed by atoms with E-state index in [4.69, 9.17) is 14.2 Å². The summed E-state index contributed by atoms with van der Waals surface area (Å²) in [5.41, 5.74) is 2.05. The van der Waals surface area contributed by atoms with Crippen LogP contribution in [0.25, 0.3) is 5.57 Å². The van der Waals surface area contributed by atoms with Crippen LogP contribution in [0.1, 0.15) is 19.4 Å². The molecule has 34 heavy (non-hydrogen) atoms. The summed E-state index contributed by atoms with van der Waals surface area (Å²) in [6.45, 7) is 3.78. The average Bonchev–Trinajstić information content (AvgIpc) is 3.08. The molecule has 2 amide bonds. The van der Waals surface area contributed by atoms with Gasteiger partial charge in [0.2, 0.25) is 0 Å². The van der Waals surface area contributed by atoms with E-state index in [0.29, 0.717) is 34.2 Å². The Bertz CT molecular complexity index is 1250. The fraction of sp³-hybridized carbons (Fsp3) is 0.185. The molecule has 4 rings (SSSR count). The molecular formula is C27H26N2O5. The standard InChI is InChI=1S/C27H26N2O5/c1-17(2)34-21-13-9-8-12-20(21)29-26(30)24(18-10-6-5-7-11-18)25(27(29)31)28-19-14-15-22(32-3)23(16-19)33-4/h5-17,28H,1-4H3. The van der Waals surface area contributed by atoms with Crippen molar-refractivity contribution < 1.29 is 23.8 Å². The lowest BCUT2D eigenvalue weighted by Gasteiger charge is -2.20. The molecule has 7 nitrogen and oxygen atoms in total. The number of ether oxygens (including phenoxy) is 3. The van der Waals surface area contributed by atoms with E-state index < -0.39 is 11.8 Å². The van der Waals surface area contributed by atoms with E-state index in [0.717, 1.165) is 4.90 Å². The highest BCUT2D eigenvalue weighted by molar-refractivity contribution is 6.46. The second-order valence-corrected chi connectivity index (χ2v) is 7.89. The van der Waals surface area contributed by atoms with Gasteiger partial charge in [-0.1, -0.05) is 42.5 Å². The van der Waals surface area contributed by atoms with Crippen LogP contribution in [0.4, 0.5) is 11.4 Å². The first-order valence-electron chi connectivity index (χ1n) is 10.9. The quantitative estimate of drug-likeness (QED) is 0.485. The van der Waals surface area contributed by atoms with Gasteiger partial charge in [-0.25, -0.2) is 4.90 Å². The summed E-state index contributed by atoms with van der Waals surface area (Å²) in [6, 6.07) is 21.3. The Hall–Kier alpha value is -4.26. The van der Waals surface area contributed by atoms with E-state index in [9.17, 15) is 9.59 Å². The van der Waals surface area contributed by atoms with Crippen LogP contribution in [0.15, 0.2) is 78.5 Å². The molecule has 1 aliphatic rings. The number of carbonyl (C=O) groups is 2. The molecule has 1 aliphatic heterocycles. The second-order valence-electron chi connectivity index (χ2n) is 7.89. The van der Waals surface area contributed by atoms with Gasteiger partial charge >= 0.3 is 0 Å². The molecule has 0 spiro atoms. The maximum absolute atomic E-state index is 13.7. The van der Waals surface area contributed by atoms with Gasteiger partial charge < -0.3 is 19.5 Å². The monoisotopic (exact) mass is 458 g/mol. The lowest BCUT2D eigenvalue weighted by atomic mass is 10.0. The summed E-state index contributed by atoms with van der Waals surface area (Å²) in [7, 11) is 3.09. The number of rotatable bonds is 8. The predicted octanol–water partition coefficient (Wildman–Crippen LogP) is 4.89. The number of carbonyl (C=O) groups excluding carboxylic acids is 2. The summed E-state index contributed by atoms with van der Waals surface area (Å²) < 4.78 is 16.6. The van der Waals surface area contributed by atoms with Crippen molar-refractivity contribution in [1.82, 2.24) is 0 Å². The third-order valence-corrected chi connectivity index (χ3v) is 5.27. The Morgan fingerprint density at radius 1 is 0.765 bits per heavy atom. The van der Waals surface area contributed by atoms with Crippen molar-refractivity contribution in [3.63, 3.8) is 0 Å². The Morgan fingerprint density at radius 3 is 2.12 bits per heavy atom. The first-order chi connectivity index (χ1) is 16.4. The van der Waals surface area contributed by atoms with E-state index in [-0.39, 0.29) is 17.4 Å². The Balaban J connectivity index is 1.81. The van der Waals surface area contributed by atoms with Gasteiger partial charge in [-0.05, 0) is 43.7 Å². The van der Waals surface area contributed by atoms with Crippen LogP contribution in [0.2, 0.25) is 0 Å². The predicted molar refractivity (Wildman–Crippen MR) is 131 cm³/mol. The number of nitrogens with one attached hydrogen (secondary N) is 1.